The molecule has 0 unspecified atom stereocenters. The van der Waals surface area contributed by atoms with Crippen molar-refractivity contribution in [3.8, 4) is 0 Å². The summed E-state index contributed by atoms with van der Waals surface area (Å²) in [4.78, 5) is 51.1. The van der Waals surface area contributed by atoms with Gasteiger partial charge in [-0.15, -0.1) is 0 Å². The minimum atomic E-state index is -0.940. The predicted octanol–water partition coefficient (Wildman–Crippen LogP) is 3.37. The van der Waals surface area contributed by atoms with Crippen LogP contribution in [0.5, 0.6) is 0 Å². The van der Waals surface area contributed by atoms with Gasteiger partial charge in [0, 0.05) is 12.8 Å². The molecule has 2 aromatic carbocycles. The fourth-order valence-electron chi connectivity index (χ4n) is 4.11. The molecule has 2 aromatic rings. The van der Waals surface area contributed by atoms with E-state index in [2.05, 4.69) is 10.2 Å². The molecule has 0 radical (unpaired) electrons. The molecule has 33 heavy (non-hydrogen) atoms. The van der Waals surface area contributed by atoms with Crippen LogP contribution in [-0.2, 0) is 19.2 Å². The number of hydrogen-bond acceptors (Lipinski definition) is 6. The third-order valence-corrected chi connectivity index (χ3v) is 5.75. The van der Waals surface area contributed by atoms with Gasteiger partial charge in [-0.05, 0) is 44.5 Å². The van der Waals surface area contributed by atoms with Crippen molar-refractivity contribution in [1.82, 2.24) is 0 Å². The number of para-hydroxylation sites is 2. The Bertz CT molecular complexity index is 1070. The van der Waals surface area contributed by atoms with Crippen LogP contribution in [-0.4, -0.2) is 34.8 Å². The summed E-state index contributed by atoms with van der Waals surface area (Å²) >= 11 is 0. The summed E-state index contributed by atoms with van der Waals surface area (Å²) in [5.74, 6) is -3.20. The van der Waals surface area contributed by atoms with Crippen molar-refractivity contribution in [3.05, 3.63) is 60.7 Å². The zero-order valence-electron chi connectivity index (χ0n) is 18.5. The Morgan fingerprint density at radius 2 is 1.06 bits per heavy atom. The summed E-state index contributed by atoms with van der Waals surface area (Å²) in [5.41, 5.74) is 2.08. The average Bonchev–Trinajstić information content (AvgIpc) is 3.29. The Kier molecular flexibility index (Phi) is 6.26. The minimum Gasteiger partial charge on any atom is -0.298 e. The van der Waals surface area contributed by atoms with Crippen LogP contribution in [0.25, 0.3) is 0 Å². The quantitative estimate of drug-likeness (QED) is 0.583. The van der Waals surface area contributed by atoms with Crippen LogP contribution in [0.2, 0.25) is 0 Å². The molecule has 2 amide bonds. The van der Waals surface area contributed by atoms with Gasteiger partial charge in [-0.1, -0.05) is 36.4 Å². The number of benzene rings is 2. The fraction of sp³-hybridized carbons (Fsp3) is 0.280. The van der Waals surface area contributed by atoms with E-state index in [1.54, 1.807) is 62.4 Å². The molecule has 2 heterocycles. The largest absolute Gasteiger partial charge is 0.298 e. The molecule has 0 bridgehead atoms. The third-order valence-electron chi connectivity index (χ3n) is 5.75. The van der Waals surface area contributed by atoms with E-state index in [0.29, 0.717) is 22.8 Å². The highest BCUT2D eigenvalue weighted by molar-refractivity contribution is 6.28. The molecule has 2 aliphatic rings. The number of rotatable bonds is 8. The Balaban J connectivity index is 1.33. The molecule has 168 valence electrons. The van der Waals surface area contributed by atoms with Gasteiger partial charge in [-0.3, -0.25) is 19.2 Å². The van der Waals surface area contributed by atoms with E-state index in [-0.39, 0.29) is 42.6 Å². The SMILES string of the molecule is CC1=NN(c2ccccc2)C(=O)[C@H]1C(=O)CCCC(=O)[C@@H]1C(=O)N(c2ccccc2)N=C1C. The summed E-state index contributed by atoms with van der Waals surface area (Å²) in [7, 11) is 0. The van der Waals surface area contributed by atoms with Crippen LogP contribution in [0.15, 0.2) is 70.9 Å². The second kappa shape index (κ2) is 9.28. The van der Waals surface area contributed by atoms with Gasteiger partial charge in [0.15, 0.2) is 11.6 Å². The van der Waals surface area contributed by atoms with Gasteiger partial charge in [-0.2, -0.15) is 20.2 Å². The van der Waals surface area contributed by atoms with E-state index in [1.165, 1.54) is 10.0 Å². The Labute approximate surface area is 191 Å². The maximum atomic E-state index is 12.8. The normalized spacial score (nSPS) is 20.2. The van der Waals surface area contributed by atoms with Crippen molar-refractivity contribution in [1.29, 1.82) is 0 Å². The number of ketones is 2. The van der Waals surface area contributed by atoms with Gasteiger partial charge in [-0.25, -0.2) is 0 Å². The molecule has 4 rings (SSSR count). The van der Waals surface area contributed by atoms with Crippen molar-refractivity contribution in [2.75, 3.05) is 10.0 Å². The Hall–Kier alpha value is -3.94. The van der Waals surface area contributed by atoms with Gasteiger partial charge < -0.3 is 0 Å². The van der Waals surface area contributed by atoms with Crippen molar-refractivity contribution in [3.63, 3.8) is 0 Å². The monoisotopic (exact) mass is 444 g/mol. The lowest BCUT2D eigenvalue weighted by molar-refractivity contribution is -0.129. The average molecular weight is 444 g/mol. The van der Waals surface area contributed by atoms with Gasteiger partial charge in [0.25, 0.3) is 11.8 Å². The first-order chi connectivity index (χ1) is 15.9. The lowest BCUT2D eigenvalue weighted by Crippen LogP contribution is -2.33. The smallest absolute Gasteiger partial charge is 0.263 e. The second-order valence-electron chi connectivity index (χ2n) is 8.11. The van der Waals surface area contributed by atoms with E-state index in [4.69, 9.17) is 0 Å². The third kappa shape index (κ3) is 4.37. The van der Waals surface area contributed by atoms with Gasteiger partial charge in [0.2, 0.25) is 0 Å². The van der Waals surface area contributed by atoms with Crippen molar-refractivity contribution < 1.29 is 19.2 Å². The standard InChI is InChI=1S/C25H24N4O4/c1-16-22(24(32)28(26-16)18-10-5-3-6-11-18)20(30)14-9-15-21(31)23-17(2)27-29(25(23)33)19-12-7-4-8-13-19/h3-8,10-13,22-23H,9,14-15H2,1-2H3/t22-,23-/m1/s1. The van der Waals surface area contributed by atoms with Crippen molar-refractivity contribution in [2.45, 2.75) is 33.1 Å². The summed E-state index contributed by atoms with van der Waals surface area (Å²) in [5, 5.41) is 11.0. The molecule has 0 N–H and O–H groups in total. The van der Waals surface area contributed by atoms with Crippen LogP contribution in [0.4, 0.5) is 11.4 Å². The molecule has 0 spiro atoms. The van der Waals surface area contributed by atoms with Crippen LogP contribution < -0.4 is 10.0 Å². The lowest BCUT2D eigenvalue weighted by Gasteiger charge is -2.14. The highest BCUT2D eigenvalue weighted by Crippen LogP contribution is 2.27. The summed E-state index contributed by atoms with van der Waals surface area (Å²) < 4.78 is 0. The molecule has 0 fully saturated rings. The number of hydrogen-bond donors (Lipinski definition) is 0. The van der Waals surface area contributed by atoms with Gasteiger partial charge >= 0.3 is 0 Å². The number of carbonyl (C=O) groups is 4. The lowest BCUT2D eigenvalue weighted by atomic mass is 9.91. The maximum Gasteiger partial charge on any atom is 0.263 e. The van der Waals surface area contributed by atoms with Crippen LogP contribution in [0.3, 0.4) is 0 Å². The molecular formula is C25H24N4O4. The van der Waals surface area contributed by atoms with Crippen molar-refractivity contribution >= 4 is 46.2 Å². The molecule has 2 atom stereocenters. The fourth-order valence-corrected chi connectivity index (χ4v) is 4.11. The van der Waals surface area contributed by atoms with E-state index in [9.17, 15) is 19.2 Å². The number of Topliss-reactive ketones (excluding diaryl/α,β-unsaturated/α-hetero) is 2. The maximum absolute atomic E-state index is 12.8. The molecule has 2 aliphatic heterocycles. The number of carbonyl (C=O) groups excluding carboxylic acids is 4. The van der Waals surface area contributed by atoms with Crippen LogP contribution in [0.1, 0.15) is 33.1 Å². The zero-order valence-corrected chi connectivity index (χ0v) is 18.5. The van der Waals surface area contributed by atoms with Crippen LogP contribution >= 0.6 is 0 Å². The predicted molar refractivity (Wildman–Crippen MR) is 125 cm³/mol. The molecular weight excluding hydrogens is 420 g/mol. The summed E-state index contributed by atoms with van der Waals surface area (Å²) in [6, 6.07) is 17.9. The first-order valence-electron chi connectivity index (χ1n) is 10.8. The summed E-state index contributed by atoms with van der Waals surface area (Å²) in [6.45, 7) is 3.31. The minimum absolute atomic E-state index is 0.0527. The number of anilines is 2. The van der Waals surface area contributed by atoms with E-state index in [1.807, 2.05) is 12.1 Å². The highest BCUT2D eigenvalue weighted by atomic mass is 16.2. The topological polar surface area (TPSA) is 99.5 Å². The Morgan fingerprint density at radius 3 is 1.42 bits per heavy atom. The van der Waals surface area contributed by atoms with Crippen LogP contribution in [0, 0.1) is 11.8 Å². The highest BCUT2D eigenvalue weighted by Gasteiger charge is 2.41. The number of hydrazone groups is 2. The molecule has 8 nitrogen and oxygen atoms in total. The summed E-state index contributed by atoms with van der Waals surface area (Å²) in [6.07, 6.45) is 0.358. The molecule has 0 aromatic heterocycles. The zero-order chi connectivity index (χ0) is 23.5. The number of nitrogens with zero attached hydrogens (tertiary/aromatic N) is 4. The second-order valence-corrected chi connectivity index (χ2v) is 8.11. The molecule has 0 saturated heterocycles. The molecule has 8 heteroatoms. The molecule has 0 aliphatic carbocycles. The number of amides is 2. The van der Waals surface area contributed by atoms with E-state index < -0.39 is 11.8 Å². The first kappa shape index (κ1) is 22.3. The first-order valence-corrected chi connectivity index (χ1v) is 10.8. The Morgan fingerprint density at radius 1 is 0.697 bits per heavy atom. The molecule has 0 saturated carbocycles. The van der Waals surface area contributed by atoms with E-state index in [0.717, 1.165) is 0 Å². The van der Waals surface area contributed by atoms with E-state index >= 15 is 0 Å². The van der Waals surface area contributed by atoms with Gasteiger partial charge in [0.1, 0.15) is 11.8 Å². The van der Waals surface area contributed by atoms with Gasteiger partial charge in [0.05, 0.1) is 22.8 Å². The van der Waals surface area contributed by atoms with Crippen molar-refractivity contribution in [2.24, 2.45) is 22.0 Å².